The monoisotopic (exact) mass is 378 g/mol. The van der Waals surface area contributed by atoms with Gasteiger partial charge in [-0.2, -0.15) is 0 Å². The molecule has 3 aromatic carbocycles. The molecule has 0 aromatic heterocycles. The van der Waals surface area contributed by atoms with Crippen LogP contribution >= 0.6 is 0 Å². The van der Waals surface area contributed by atoms with E-state index in [1.807, 2.05) is 72.8 Å². The van der Waals surface area contributed by atoms with E-state index in [4.69, 9.17) is 4.74 Å². The number of carbonyl (C=O) groups is 1. The minimum absolute atomic E-state index is 0.00663. The maximum Gasteiger partial charge on any atom is 0.224 e. The number of nitrogens with one attached hydrogen (secondary N) is 2. The van der Waals surface area contributed by atoms with Crippen LogP contribution in [-0.2, 0) is 11.2 Å². The second-order valence-corrected chi connectivity index (χ2v) is 6.66. The molecular weight excluding hydrogens is 352 g/mol. The third-order valence-electron chi connectivity index (χ3n) is 4.39. The lowest BCUT2D eigenvalue weighted by atomic mass is 10.1. The number of amides is 1. The zero-order valence-electron chi connectivity index (χ0n) is 15.8. The van der Waals surface area contributed by atoms with Gasteiger partial charge in [0.25, 0.3) is 0 Å². The molecule has 0 heterocycles. The van der Waals surface area contributed by atoms with Crippen molar-refractivity contribution >= 4 is 16.7 Å². The minimum Gasteiger partial charge on any atom is -0.490 e. The fraction of sp³-hybridized carbons (Fsp3) is 0.261. The number of fused-ring (bicyclic) bond motifs is 1. The summed E-state index contributed by atoms with van der Waals surface area (Å²) < 4.78 is 5.78. The number of rotatable bonds is 10. The van der Waals surface area contributed by atoms with E-state index >= 15 is 0 Å². The molecule has 3 aromatic rings. The third-order valence-corrected chi connectivity index (χ3v) is 4.39. The topological polar surface area (TPSA) is 70.6 Å². The zero-order chi connectivity index (χ0) is 19.6. The molecular formula is C23H26N2O3. The average molecular weight is 378 g/mol. The number of ether oxygens (including phenoxy) is 1. The molecule has 0 aliphatic carbocycles. The molecule has 5 nitrogen and oxygen atoms in total. The Morgan fingerprint density at radius 3 is 2.54 bits per heavy atom. The summed E-state index contributed by atoms with van der Waals surface area (Å²) in [4.78, 5) is 11.9. The van der Waals surface area contributed by atoms with Crippen molar-refractivity contribution in [1.82, 2.24) is 10.6 Å². The van der Waals surface area contributed by atoms with Crippen LogP contribution in [-0.4, -0.2) is 43.4 Å². The lowest BCUT2D eigenvalue weighted by Crippen LogP contribution is -2.37. The van der Waals surface area contributed by atoms with Gasteiger partial charge < -0.3 is 20.5 Å². The Balaban J connectivity index is 1.31. The summed E-state index contributed by atoms with van der Waals surface area (Å²) in [6.45, 7) is 1.72. The van der Waals surface area contributed by atoms with Gasteiger partial charge >= 0.3 is 0 Å². The summed E-state index contributed by atoms with van der Waals surface area (Å²) in [6.07, 6.45) is -0.249. The van der Waals surface area contributed by atoms with E-state index in [1.165, 1.54) is 0 Å². The molecule has 3 rings (SSSR count). The fourth-order valence-corrected chi connectivity index (χ4v) is 2.97. The van der Waals surface area contributed by atoms with Crippen LogP contribution in [0.2, 0.25) is 0 Å². The summed E-state index contributed by atoms with van der Waals surface area (Å²) in [6, 6.07) is 23.5. The van der Waals surface area contributed by atoms with Gasteiger partial charge in [-0.25, -0.2) is 0 Å². The van der Waals surface area contributed by atoms with Gasteiger partial charge in [0.1, 0.15) is 18.5 Å². The van der Waals surface area contributed by atoms with Gasteiger partial charge in [0.2, 0.25) is 5.91 Å². The maximum absolute atomic E-state index is 11.9. The first-order chi connectivity index (χ1) is 13.7. The van der Waals surface area contributed by atoms with Crippen molar-refractivity contribution in [1.29, 1.82) is 0 Å². The standard InChI is InChI=1S/C23H26N2O3/c26-20(17-28-22-12-6-10-19-9-4-5-11-21(19)22)16-24-13-14-25-23(27)15-18-7-2-1-3-8-18/h1-12,20,24,26H,13-17H2,(H,25,27). The number of hydrogen-bond acceptors (Lipinski definition) is 4. The summed E-state index contributed by atoms with van der Waals surface area (Å²) in [5.41, 5.74) is 0.994. The van der Waals surface area contributed by atoms with Crippen molar-refractivity contribution in [3.05, 3.63) is 78.4 Å². The molecule has 5 heteroatoms. The quantitative estimate of drug-likeness (QED) is 0.474. The van der Waals surface area contributed by atoms with Crippen LogP contribution in [0.15, 0.2) is 72.8 Å². The van der Waals surface area contributed by atoms with Gasteiger partial charge in [0.05, 0.1) is 6.42 Å². The maximum atomic E-state index is 11.9. The van der Waals surface area contributed by atoms with E-state index in [2.05, 4.69) is 10.6 Å². The molecule has 0 spiro atoms. The van der Waals surface area contributed by atoms with E-state index in [0.29, 0.717) is 26.1 Å². The molecule has 0 saturated carbocycles. The Kier molecular flexibility index (Phi) is 7.41. The van der Waals surface area contributed by atoms with E-state index in [0.717, 1.165) is 22.1 Å². The van der Waals surface area contributed by atoms with Crippen molar-refractivity contribution in [2.24, 2.45) is 0 Å². The normalized spacial score (nSPS) is 11.9. The first-order valence-corrected chi connectivity index (χ1v) is 9.52. The van der Waals surface area contributed by atoms with Crippen molar-refractivity contribution in [3.8, 4) is 5.75 Å². The molecule has 0 aliphatic rings. The van der Waals surface area contributed by atoms with Gasteiger partial charge in [0, 0.05) is 25.0 Å². The van der Waals surface area contributed by atoms with Crippen LogP contribution in [0.25, 0.3) is 10.8 Å². The number of aliphatic hydroxyl groups is 1. The molecule has 0 aliphatic heterocycles. The van der Waals surface area contributed by atoms with Gasteiger partial charge in [-0.3, -0.25) is 4.79 Å². The molecule has 0 radical (unpaired) electrons. The van der Waals surface area contributed by atoms with Crippen LogP contribution in [0.3, 0.4) is 0 Å². The highest BCUT2D eigenvalue weighted by atomic mass is 16.5. The van der Waals surface area contributed by atoms with Crippen molar-refractivity contribution in [2.75, 3.05) is 26.2 Å². The highest BCUT2D eigenvalue weighted by molar-refractivity contribution is 5.88. The van der Waals surface area contributed by atoms with Crippen molar-refractivity contribution in [3.63, 3.8) is 0 Å². The minimum atomic E-state index is -0.626. The first kappa shape index (κ1) is 19.9. The number of hydrogen-bond donors (Lipinski definition) is 3. The summed E-state index contributed by atoms with van der Waals surface area (Å²) in [5.74, 6) is 0.762. The number of aliphatic hydroxyl groups excluding tert-OH is 1. The van der Waals surface area contributed by atoms with Crippen molar-refractivity contribution in [2.45, 2.75) is 12.5 Å². The number of carbonyl (C=O) groups excluding carboxylic acids is 1. The Bertz CT molecular complexity index is 878. The SMILES string of the molecule is O=C(Cc1ccccc1)NCCNCC(O)COc1cccc2ccccc12. The van der Waals surface area contributed by atoms with Gasteiger partial charge in [-0.15, -0.1) is 0 Å². The highest BCUT2D eigenvalue weighted by Crippen LogP contribution is 2.25. The van der Waals surface area contributed by atoms with Crippen LogP contribution in [0.5, 0.6) is 5.75 Å². The molecule has 146 valence electrons. The Hall–Kier alpha value is -2.89. The largest absolute Gasteiger partial charge is 0.490 e. The lowest BCUT2D eigenvalue weighted by Gasteiger charge is -2.15. The van der Waals surface area contributed by atoms with Crippen LogP contribution in [0, 0.1) is 0 Å². The summed E-state index contributed by atoms with van der Waals surface area (Å²) in [5, 5.41) is 18.3. The second kappa shape index (κ2) is 10.4. The van der Waals surface area contributed by atoms with Crippen molar-refractivity contribution < 1.29 is 14.6 Å². The fourth-order valence-electron chi connectivity index (χ4n) is 2.97. The lowest BCUT2D eigenvalue weighted by molar-refractivity contribution is -0.120. The third kappa shape index (κ3) is 6.08. The average Bonchev–Trinajstić information content (AvgIpc) is 2.72. The highest BCUT2D eigenvalue weighted by Gasteiger charge is 2.07. The zero-order valence-corrected chi connectivity index (χ0v) is 15.8. The smallest absolute Gasteiger partial charge is 0.224 e. The van der Waals surface area contributed by atoms with E-state index < -0.39 is 6.10 Å². The summed E-state index contributed by atoms with van der Waals surface area (Å²) >= 11 is 0. The van der Waals surface area contributed by atoms with Crippen LogP contribution < -0.4 is 15.4 Å². The second-order valence-electron chi connectivity index (χ2n) is 6.66. The molecule has 0 saturated heterocycles. The molecule has 0 bridgehead atoms. The van der Waals surface area contributed by atoms with E-state index in [1.54, 1.807) is 0 Å². The molecule has 1 atom stereocenters. The van der Waals surface area contributed by atoms with Crippen LogP contribution in [0.1, 0.15) is 5.56 Å². The summed E-state index contributed by atoms with van der Waals surface area (Å²) in [7, 11) is 0. The van der Waals surface area contributed by atoms with Crippen LogP contribution in [0.4, 0.5) is 0 Å². The van der Waals surface area contributed by atoms with E-state index in [9.17, 15) is 9.90 Å². The Morgan fingerprint density at radius 1 is 0.929 bits per heavy atom. The predicted molar refractivity (Wildman–Crippen MR) is 111 cm³/mol. The molecule has 28 heavy (non-hydrogen) atoms. The first-order valence-electron chi connectivity index (χ1n) is 9.52. The predicted octanol–water partition coefficient (Wildman–Crippen LogP) is 2.53. The van der Waals surface area contributed by atoms with E-state index in [-0.39, 0.29) is 12.5 Å². The van der Waals surface area contributed by atoms with Gasteiger partial charge in [-0.1, -0.05) is 66.7 Å². The van der Waals surface area contributed by atoms with Gasteiger partial charge in [0.15, 0.2) is 0 Å². The Morgan fingerprint density at radius 2 is 1.68 bits per heavy atom. The molecule has 0 fully saturated rings. The molecule has 3 N–H and O–H groups in total. The number of benzene rings is 3. The molecule has 1 unspecified atom stereocenters. The Labute approximate surface area is 165 Å². The molecule has 1 amide bonds. The van der Waals surface area contributed by atoms with Gasteiger partial charge in [-0.05, 0) is 17.0 Å².